The predicted molar refractivity (Wildman–Crippen MR) is 92.2 cm³/mol. The van der Waals surface area contributed by atoms with Crippen molar-refractivity contribution >= 4 is 27.6 Å². The number of sulfonamides is 1. The molecule has 0 saturated heterocycles. The first-order valence-corrected chi connectivity index (χ1v) is 9.19. The minimum absolute atomic E-state index is 0.0232. The molecule has 0 heterocycles. The van der Waals surface area contributed by atoms with Crippen LogP contribution in [0.4, 0.5) is 0 Å². The molecule has 2 aromatic carbocycles. The van der Waals surface area contributed by atoms with Gasteiger partial charge in [-0.05, 0) is 36.8 Å². The van der Waals surface area contributed by atoms with Gasteiger partial charge >= 0.3 is 5.97 Å². The summed E-state index contributed by atoms with van der Waals surface area (Å²) < 4.78 is 31.6. The van der Waals surface area contributed by atoms with E-state index in [1.54, 1.807) is 36.4 Å². The van der Waals surface area contributed by atoms with Crippen molar-refractivity contribution in [2.75, 3.05) is 6.54 Å². The van der Waals surface area contributed by atoms with E-state index in [-0.39, 0.29) is 24.5 Å². The van der Waals surface area contributed by atoms with Crippen LogP contribution < -0.4 is 4.72 Å². The molecule has 0 radical (unpaired) electrons. The number of rotatable bonds is 7. The van der Waals surface area contributed by atoms with Gasteiger partial charge < -0.3 is 4.74 Å². The van der Waals surface area contributed by atoms with Gasteiger partial charge in [-0.1, -0.05) is 41.4 Å². The Morgan fingerprint density at radius 2 is 1.88 bits per heavy atom. The quantitative estimate of drug-likeness (QED) is 0.763. The molecule has 0 aliphatic rings. The van der Waals surface area contributed by atoms with Gasteiger partial charge in [0.1, 0.15) is 6.61 Å². The first kappa shape index (κ1) is 18.4. The van der Waals surface area contributed by atoms with Crippen molar-refractivity contribution in [3.05, 3.63) is 64.7 Å². The van der Waals surface area contributed by atoms with Crippen molar-refractivity contribution in [2.45, 2.75) is 24.8 Å². The van der Waals surface area contributed by atoms with Gasteiger partial charge in [0.2, 0.25) is 10.0 Å². The first-order chi connectivity index (χ1) is 11.4. The molecule has 0 spiro atoms. The molecule has 0 bridgehead atoms. The van der Waals surface area contributed by atoms with E-state index in [9.17, 15) is 13.2 Å². The molecule has 7 heteroatoms. The highest BCUT2D eigenvalue weighted by Crippen LogP contribution is 2.12. The Bertz CT molecular complexity index is 804. The van der Waals surface area contributed by atoms with Crippen LogP contribution in [-0.2, 0) is 26.2 Å². The standard InChI is InChI=1S/C17H18ClNO4S/c1-13-5-7-16(8-6-13)24(21,22)19-10-9-17(20)23-12-14-3-2-4-15(18)11-14/h2-8,11,19H,9-10,12H2,1H3. The smallest absolute Gasteiger partial charge is 0.307 e. The maximum atomic E-state index is 12.1. The molecular weight excluding hydrogens is 350 g/mol. The molecule has 2 rings (SSSR count). The zero-order chi connectivity index (χ0) is 17.6. The summed E-state index contributed by atoms with van der Waals surface area (Å²) in [6, 6.07) is 13.5. The van der Waals surface area contributed by atoms with E-state index in [0.29, 0.717) is 5.02 Å². The van der Waals surface area contributed by atoms with Gasteiger partial charge in [-0.15, -0.1) is 0 Å². The highest BCUT2D eigenvalue weighted by molar-refractivity contribution is 7.89. The van der Waals surface area contributed by atoms with Crippen molar-refractivity contribution in [2.24, 2.45) is 0 Å². The summed E-state index contributed by atoms with van der Waals surface area (Å²) in [6.45, 7) is 1.95. The summed E-state index contributed by atoms with van der Waals surface area (Å²) in [5, 5.41) is 0.564. The maximum absolute atomic E-state index is 12.1. The average Bonchev–Trinajstić information content (AvgIpc) is 2.53. The maximum Gasteiger partial charge on any atom is 0.307 e. The van der Waals surface area contributed by atoms with Crippen LogP contribution in [0.1, 0.15) is 17.5 Å². The molecule has 0 aliphatic carbocycles. The van der Waals surface area contributed by atoms with Gasteiger partial charge in [-0.25, -0.2) is 13.1 Å². The van der Waals surface area contributed by atoms with Crippen LogP contribution in [-0.4, -0.2) is 20.9 Å². The Kier molecular flexibility index (Phi) is 6.36. The molecule has 2 aromatic rings. The highest BCUT2D eigenvalue weighted by atomic mass is 35.5. The molecule has 0 saturated carbocycles. The second-order valence-electron chi connectivity index (χ2n) is 5.25. The number of hydrogen-bond acceptors (Lipinski definition) is 4. The summed E-state index contributed by atoms with van der Waals surface area (Å²) in [4.78, 5) is 11.8. The molecule has 0 amide bonds. The summed E-state index contributed by atoms with van der Waals surface area (Å²) >= 11 is 5.84. The summed E-state index contributed by atoms with van der Waals surface area (Å²) in [7, 11) is -3.62. The number of aryl methyl sites for hydroxylation is 1. The SMILES string of the molecule is Cc1ccc(S(=O)(=O)NCCC(=O)OCc2cccc(Cl)c2)cc1. The first-order valence-electron chi connectivity index (χ1n) is 7.33. The van der Waals surface area contributed by atoms with Crippen molar-refractivity contribution in [3.8, 4) is 0 Å². The van der Waals surface area contributed by atoms with E-state index in [1.807, 2.05) is 6.92 Å². The van der Waals surface area contributed by atoms with Crippen LogP contribution in [0, 0.1) is 6.92 Å². The Hall–Kier alpha value is -1.89. The minimum atomic E-state index is -3.62. The Labute approximate surface area is 146 Å². The molecule has 5 nitrogen and oxygen atoms in total. The predicted octanol–water partition coefficient (Wildman–Crippen LogP) is 3.06. The second kappa shape index (κ2) is 8.28. The Morgan fingerprint density at radius 3 is 2.54 bits per heavy atom. The van der Waals surface area contributed by atoms with Crippen molar-refractivity contribution < 1.29 is 17.9 Å². The fourth-order valence-electron chi connectivity index (χ4n) is 1.95. The number of ether oxygens (including phenoxy) is 1. The normalized spacial score (nSPS) is 11.2. The van der Waals surface area contributed by atoms with E-state index < -0.39 is 16.0 Å². The van der Waals surface area contributed by atoms with Crippen LogP contribution >= 0.6 is 11.6 Å². The molecule has 0 aliphatic heterocycles. The van der Waals surface area contributed by atoms with Crippen LogP contribution in [0.3, 0.4) is 0 Å². The number of benzene rings is 2. The molecular formula is C17H18ClNO4S. The number of nitrogens with one attached hydrogen (secondary N) is 1. The summed E-state index contributed by atoms with van der Waals surface area (Å²) in [6.07, 6.45) is -0.0499. The lowest BCUT2D eigenvalue weighted by Gasteiger charge is -2.08. The molecule has 24 heavy (non-hydrogen) atoms. The van der Waals surface area contributed by atoms with E-state index in [2.05, 4.69) is 4.72 Å². The average molecular weight is 368 g/mol. The fourth-order valence-corrected chi connectivity index (χ4v) is 3.20. The molecule has 0 fully saturated rings. The lowest BCUT2D eigenvalue weighted by atomic mass is 10.2. The molecule has 0 atom stereocenters. The minimum Gasteiger partial charge on any atom is -0.461 e. The fraction of sp³-hybridized carbons (Fsp3) is 0.235. The number of hydrogen-bond donors (Lipinski definition) is 1. The third kappa shape index (κ3) is 5.63. The number of carbonyl (C=O) groups excluding carboxylic acids is 1. The summed E-state index contributed by atoms with van der Waals surface area (Å²) in [5.41, 5.74) is 1.75. The molecule has 1 N–H and O–H groups in total. The number of esters is 1. The third-order valence-corrected chi connectivity index (χ3v) is 4.95. The van der Waals surface area contributed by atoms with E-state index in [0.717, 1.165) is 11.1 Å². The van der Waals surface area contributed by atoms with Crippen molar-refractivity contribution in [1.29, 1.82) is 0 Å². The van der Waals surface area contributed by atoms with Crippen molar-refractivity contribution in [3.63, 3.8) is 0 Å². The van der Waals surface area contributed by atoms with E-state index >= 15 is 0 Å². The van der Waals surface area contributed by atoms with Crippen LogP contribution in [0.5, 0.6) is 0 Å². The third-order valence-electron chi connectivity index (χ3n) is 3.24. The van der Waals surface area contributed by atoms with Gasteiger partial charge in [0.25, 0.3) is 0 Å². The topological polar surface area (TPSA) is 72.5 Å². The number of halogens is 1. The lowest BCUT2D eigenvalue weighted by Crippen LogP contribution is -2.26. The van der Waals surface area contributed by atoms with Crippen molar-refractivity contribution in [1.82, 2.24) is 4.72 Å². The molecule has 128 valence electrons. The number of carbonyl (C=O) groups is 1. The van der Waals surface area contributed by atoms with E-state index in [1.165, 1.54) is 12.1 Å². The molecule has 0 aromatic heterocycles. The van der Waals surface area contributed by atoms with Gasteiger partial charge in [0, 0.05) is 11.6 Å². The van der Waals surface area contributed by atoms with Crippen LogP contribution in [0.2, 0.25) is 5.02 Å². The van der Waals surface area contributed by atoms with Gasteiger partial charge in [-0.3, -0.25) is 4.79 Å². The summed E-state index contributed by atoms with van der Waals surface area (Å²) in [5.74, 6) is -0.485. The zero-order valence-corrected chi connectivity index (χ0v) is 14.7. The van der Waals surface area contributed by atoms with Gasteiger partial charge in [-0.2, -0.15) is 0 Å². The Morgan fingerprint density at radius 1 is 1.17 bits per heavy atom. The van der Waals surface area contributed by atoms with Gasteiger partial charge in [0.05, 0.1) is 11.3 Å². The van der Waals surface area contributed by atoms with Crippen LogP contribution in [0.15, 0.2) is 53.4 Å². The highest BCUT2D eigenvalue weighted by Gasteiger charge is 2.14. The largest absolute Gasteiger partial charge is 0.461 e. The Balaban J connectivity index is 1.78. The van der Waals surface area contributed by atoms with Crippen LogP contribution in [0.25, 0.3) is 0 Å². The van der Waals surface area contributed by atoms with Gasteiger partial charge in [0.15, 0.2) is 0 Å². The molecule has 0 unspecified atom stereocenters. The lowest BCUT2D eigenvalue weighted by molar-refractivity contribution is -0.144. The zero-order valence-electron chi connectivity index (χ0n) is 13.2. The second-order valence-corrected chi connectivity index (χ2v) is 7.45. The monoisotopic (exact) mass is 367 g/mol. The van der Waals surface area contributed by atoms with E-state index in [4.69, 9.17) is 16.3 Å².